The van der Waals surface area contributed by atoms with Gasteiger partial charge in [-0.25, -0.2) is 8.78 Å². The summed E-state index contributed by atoms with van der Waals surface area (Å²) in [6, 6.07) is 4.18. The maximum atomic E-state index is 13.9. The van der Waals surface area contributed by atoms with Crippen LogP contribution in [0.3, 0.4) is 0 Å². The topological polar surface area (TPSA) is 22.1 Å². The number of hydrogen-bond donors (Lipinski definition) is 0. The van der Waals surface area contributed by atoms with Gasteiger partial charge in [0.15, 0.2) is 0 Å². The summed E-state index contributed by atoms with van der Waals surface area (Å²) >= 11 is 0. The summed E-state index contributed by atoms with van der Waals surface area (Å²) in [6.45, 7) is 0. The van der Waals surface area contributed by atoms with E-state index in [1.807, 2.05) is 0 Å². The van der Waals surface area contributed by atoms with Crippen molar-refractivity contribution in [2.24, 2.45) is 0 Å². The summed E-state index contributed by atoms with van der Waals surface area (Å²) in [6.07, 6.45) is -3.87. The van der Waals surface area contributed by atoms with Gasteiger partial charge in [0.25, 0.3) is 0 Å². The van der Waals surface area contributed by atoms with Gasteiger partial charge in [0, 0.05) is 17.8 Å². The van der Waals surface area contributed by atoms with Crippen LogP contribution in [0.5, 0.6) is 5.75 Å². The molecule has 1 aromatic carbocycles. The minimum atomic E-state index is -5.12. The predicted octanol–water partition coefficient (Wildman–Crippen LogP) is 4.05. The van der Waals surface area contributed by atoms with Gasteiger partial charge in [0.1, 0.15) is 22.9 Å². The number of benzene rings is 1. The Morgan fingerprint density at radius 2 is 1.80 bits per heavy atom. The fraction of sp³-hybridized carbons (Fsp3) is 0.154. The van der Waals surface area contributed by atoms with Crippen LogP contribution >= 0.6 is 0 Å². The normalized spacial score (nSPS) is 11.5. The van der Waals surface area contributed by atoms with E-state index in [0.717, 1.165) is 6.07 Å². The lowest BCUT2D eigenvalue weighted by Crippen LogP contribution is -2.12. The second-order valence-corrected chi connectivity index (χ2v) is 3.86. The van der Waals surface area contributed by atoms with Crippen LogP contribution in [-0.4, -0.2) is 12.1 Å². The standard InChI is InChI=1S/C13H8F5NO/c1-20-7-4-5-19-10(6-7)8-2-3-9(14)11(12(8)15)13(16,17)18/h2-6H,1H3. The third kappa shape index (κ3) is 2.56. The number of ether oxygens (including phenoxy) is 1. The molecule has 1 aromatic heterocycles. The van der Waals surface area contributed by atoms with Crippen LogP contribution in [0, 0.1) is 11.6 Å². The zero-order chi connectivity index (χ0) is 14.9. The number of pyridine rings is 1. The lowest BCUT2D eigenvalue weighted by atomic mass is 10.0. The second-order valence-electron chi connectivity index (χ2n) is 3.86. The van der Waals surface area contributed by atoms with Crippen molar-refractivity contribution in [1.29, 1.82) is 0 Å². The number of hydrogen-bond acceptors (Lipinski definition) is 2. The molecule has 0 fully saturated rings. The maximum absolute atomic E-state index is 13.9. The molecule has 7 heteroatoms. The van der Waals surface area contributed by atoms with E-state index in [4.69, 9.17) is 4.74 Å². The minimum absolute atomic E-state index is 0.0765. The van der Waals surface area contributed by atoms with Gasteiger partial charge in [0.05, 0.1) is 12.8 Å². The van der Waals surface area contributed by atoms with Gasteiger partial charge in [0.2, 0.25) is 0 Å². The average Bonchev–Trinajstić information content (AvgIpc) is 2.37. The molecular formula is C13H8F5NO. The van der Waals surface area contributed by atoms with E-state index in [1.165, 1.54) is 25.4 Å². The third-order valence-corrected chi connectivity index (χ3v) is 2.62. The van der Waals surface area contributed by atoms with Crippen LogP contribution in [0.2, 0.25) is 0 Å². The highest BCUT2D eigenvalue weighted by Gasteiger charge is 2.38. The molecule has 106 valence electrons. The van der Waals surface area contributed by atoms with Crippen LogP contribution in [0.4, 0.5) is 22.0 Å². The van der Waals surface area contributed by atoms with Gasteiger partial charge >= 0.3 is 6.18 Å². The first-order valence-corrected chi connectivity index (χ1v) is 5.40. The molecule has 0 bridgehead atoms. The molecule has 2 rings (SSSR count). The number of halogens is 5. The van der Waals surface area contributed by atoms with Gasteiger partial charge < -0.3 is 4.74 Å². The fourth-order valence-corrected chi connectivity index (χ4v) is 1.70. The number of aromatic nitrogens is 1. The van der Waals surface area contributed by atoms with E-state index in [-0.39, 0.29) is 5.69 Å². The summed E-state index contributed by atoms with van der Waals surface area (Å²) < 4.78 is 69.8. The zero-order valence-corrected chi connectivity index (χ0v) is 10.1. The van der Waals surface area contributed by atoms with Crippen molar-refractivity contribution in [3.8, 4) is 17.0 Å². The highest BCUT2D eigenvalue weighted by atomic mass is 19.4. The first kappa shape index (κ1) is 14.2. The maximum Gasteiger partial charge on any atom is 0.422 e. The Labute approximate surface area is 110 Å². The smallest absolute Gasteiger partial charge is 0.422 e. The summed E-state index contributed by atoms with van der Waals surface area (Å²) in [5.41, 5.74) is -2.45. The van der Waals surface area contributed by atoms with Crippen molar-refractivity contribution in [3.05, 3.63) is 47.7 Å². The van der Waals surface area contributed by atoms with Crippen LogP contribution < -0.4 is 4.74 Å². The van der Waals surface area contributed by atoms with Crippen LogP contribution in [0.25, 0.3) is 11.3 Å². The fourth-order valence-electron chi connectivity index (χ4n) is 1.70. The Balaban J connectivity index is 2.64. The number of alkyl halides is 3. The van der Waals surface area contributed by atoms with Gasteiger partial charge in [-0.2, -0.15) is 13.2 Å². The molecule has 0 atom stereocenters. The average molecular weight is 289 g/mol. The number of methoxy groups -OCH3 is 1. The predicted molar refractivity (Wildman–Crippen MR) is 61.1 cm³/mol. The molecule has 2 nitrogen and oxygen atoms in total. The number of nitrogens with zero attached hydrogens (tertiary/aromatic N) is 1. The molecule has 2 aromatic rings. The molecule has 0 amide bonds. The summed E-state index contributed by atoms with van der Waals surface area (Å²) in [5.74, 6) is -3.06. The lowest BCUT2D eigenvalue weighted by Gasteiger charge is -2.12. The van der Waals surface area contributed by atoms with Crippen molar-refractivity contribution < 1.29 is 26.7 Å². The summed E-state index contributed by atoms with van der Waals surface area (Å²) in [4.78, 5) is 3.76. The zero-order valence-electron chi connectivity index (χ0n) is 10.1. The molecule has 0 radical (unpaired) electrons. The Bertz CT molecular complexity index is 639. The first-order chi connectivity index (χ1) is 9.34. The van der Waals surface area contributed by atoms with Crippen molar-refractivity contribution >= 4 is 0 Å². The molecule has 0 aliphatic rings. The van der Waals surface area contributed by atoms with Crippen molar-refractivity contribution in [2.75, 3.05) is 7.11 Å². The van der Waals surface area contributed by atoms with E-state index < -0.39 is 28.9 Å². The molecule has 0 saturated carbocycles. The Morgan fingerprint density at radius 1 is 1.10 bits per heavy atom. The second kappa shape index (κ2) is 5.07. The Morgan fingerprint density at radius 3 is 2.40 bits per heavy atom. The molecule has 0 unspecified atom stereocenters. The van der Waals surface area contributed by atoms with Gasteiger partial charge in [-0.3, -0.25) is 4.98 Å². The quantitative estimate of drug-likeness (QED) is 0.778. The molecule has 0 saturated heterocycles. The molecule has 0 spiro atoms. The van der Waals surface area contributed by atoms with Crippen molar-refractivity contribution in [3.63, 3.8) is 0 Å². The minimum Gasteiger partial charge on any atom is -0.497 e. The van der Waals surface area contributed by atoms with Gasteiger partial charge in [-0.15, -0.1) is 0 Å². The highest BCUT2D eigenvalue weighted by molar-refractivity contribution is 5.63. The lowest BCUT2D eigenvalue weighted by molar-refractivity contribution is -0.142. The van der Waals surface area contributed by atoms with Crippen molar-refractivity contribution in [2.45, 2.75) is 6.18 Å². The van der Waals surface area contributed by atoms with Gasteiger partial charge in [-0.05, 0) is 18.2 Å². The largest absolute Gasteiger partial charge is 0.497 e. The summed E-state index contributed by atoms with van der Waals surface area (Å²) in [7, 11) is 1.35. The van der Waals surface area contributed by atoms with Crippen LogP contribution in [0.15, 0.2) is 30.5 Å². The molecular weight excluding hydrogens is 281 g/mol. The van der Waals surface area contributed by atoms with E-state index in [9.17, 15) is 22.0 Å². The van der Waals surface area contributed by atoms with Crippen LogP contribution in [-0.2, 0) is 6.18 Å². The van der Waals surface area contributed by atoms with Crippen molar-refractivity contribution in [1.82, 2.24) is 4.98 Å². The number of rotatable bonds is 2. The molecule has 1 heterocycles. The highest BCUT2D eigenvalue weighted by Crippen LogP contribution is 2.37. The van der Waals surface area contributed by atoms with Crippen LogP contribution in [0.1, 0.15) is 5.56 Å². The molecule has 0 N–H and O–H groups in total. The molecule has 20 heavy (non-hydrogen) atoms. The van der Waals surface area contributed by atoms with E-state index in [2.05, 4.69) is 4.98 Å². The Kier molecular flexibility index (Phi) is 3.61. The van der Waals surface area contributed by atoms with E-state index in [0.29, 0.717) is 11.8 Å². The SMILES string of the molecule is COc1ccnc(-c2ccc(F)c(C(F)(F)F)c2F)c1. The first-order valence-electron chi connectivity index (χ1n) is 5.40. The molecule has 0 aliphatic carbocycles. The Hall–Kier alpha value is -2.18. The van der Waals surface area contributed by atoms with E-state index >= 15 is 0 Å². The monoisotopic (exact) mass is 289 g/mol. The van der Waals surface area contributed by atoms with Gasteiger partial charge in [-0.1, -0.05) is 0 Å². The third-order valence-electron chi connectivity index (χ3n) is 2.62. The summed E-state index contributed by atoms with van der Waals surface area (Å²) in [5, 5.41) is 0. The molecule has 0 aliphatic heterocycles. The van der Waals surface area contributed by atoms with E-state index in [1.54, 1.807) is 0 Å².